The Labute approximate surface area is 160 Å². The molecule has 0 saturated carbocycles. The average molecular weight is 384 g/mol. The van der Waals surface area contributed by atoms with E-state index in [4.69, 9.17) is 0 Å². The van der Waals surface area contributed by atoms with Crippen LogP contribution in [0.5, 0.6) is 0 Å². The van der Waals surface area contributed by atoms with Crippen LogP contribution in [-0.2, 0) is 4.79 Å². The summed E-state index contributed by atoms with van der Waals surface area (Å²) in [6.45, 7) is 1.28. The van der Waals surface area contributed by atoms with Crippen molar-refractivity contribution in [3.05, 3.63) is 60.4 Å². The van der Waals surface area contributed by atoms with Gasteiger partial charge in [0, 0.05) is 37.5 Å². The van der Waals surface area contributed by atoms with E-state index in [1.807, 2.05) is 18.2 Å². The fourth-order valence-corrected chi connectivity index (χ4v) is 3.21. The number of carbonyl (C=O) groups excluding carboxylic acids is 1. The standard InChI is InChI=1S/C19H18F2N6O/c20-14-2-3-16(15(21)12-14)23-19(28)13-6-10-26(11-7-13)17-4-5-18(25-24-17)27-9-1-8-22-27/h1-5,8-9,12-13H,6-7,10-11H2,(H,23,28). The number of halogens is 2. The minimum absolute atomic E-state index is 0.00564. The molecule has 4 rings (SSSR count). The molecule has 7 nitrogen and oxygen atoms in total. The van der Waals surface area contributed by atoms with Gasteiger partial charge >= 0.3 is 0 Å². The molecule has 9 heteroatoms. The topological polar surface area (TPSA) is 75.9 Å². The van der Waals surface area contributed by atoms with E-state index in [2.05, 4.69) is 25.5 Å². The molecule has 2 aromatic heterocycles. The molecule has 144 valence electrons. The molecule has 1 amide bonds. The quantitative estimate of drug-likeness (QED) is 0.749. The maximum absolute atomic E-state index is 13.7. The van der Waals surface area contributed by atoms with Crippen LogP contribution in [0.2, 0.25) is 0 Å². The van der Waals surface area contributed by atoms with E-state index < -0.39 is 11.6 Å². The summed E-state index contributed by atoms with van der Waals surface area (Å²) in [4.78, 5) is 14.5. The summed E-state index contributed by atoms with van der Waals surface area (Å²) in [6, 6.07) is 8.62. The predicted octanol–water partition coefficient (Wildman–Crippen LogP) is 2.80. The van der Waals surface area contributed by atoms with Gasteiger partial charge in [0.25, 0.3) is 0 Å². The molecular formula is C19H18F2N6O. The summed E-state index contributed by atoms with van der Waals surface area (Å²) in [6.07, 6.45) is 4.68. The van der Waals surface area contributed by atoms with E-state index in [1.165, 1.54) is 6.07 Å². The van der Waals surface area contributed by atoms with Gasteiger partial charge in [-0.3, -0.25) is 4.79 Å². The summed E-state index contributed by atoms with van der Waals surface area (Å²) in [5.41, 5.74) is -0.00564. The lowest BCUT2D eigenvalue weighted by Gasteiger charge is -2.31. The van der Waals surface area contributed by atoms with Gasteiger partial charge < -0.3 is 10.2 Å². The number of nitrogens with one attached hydrogen (secondary N) is 1. The Morgan fingerprint density at radius 1 is 1.07 bits per heavy atom. The molecule has 1 aromatic carbocycles. The molecule has 1 saturated heterocycles. The van der Waals surface area contributed by atoms with Crippen molar-refractivity contribution in [2.45, 2.75) is 12.8 Å². The highest BCUT2D eigenvalue weighted by Crippen LogP contribution is 2.24. The fourth-order valence-electron chi connectivity index (χ4n) is 3.21. The lowest BCUT2D eigenvalue weighted by atomic mass is 9.96. The van der Waals surface area contributed by atoms with Crippen LogP contribution in [0.1, 0.15) is 12.8 Å². The molecule has 0 bridgehead atoms. The van der Waals surface area contributed by atoms with Crippen LogP contribution in [0.3, 0.4) is 0 Å². The molecule has 1 fully saturated rings. The number of anilines is 2. The van der Waals surface area contributed by atoms with Crippen molar-refractivity contribution in [3.63, 3.8) is 0 Å². The van der Waals surface area contributed by atoms with E-state index in [1.54, 1.807) is 17.1 Å². The smallest absolute Gasteiger partial charge is 0.227 e. The van der Waals surface area contributed by atoms with Gasteiger partial charge in [0.2, 0.25) is 5.91 Å². The zero-order valence-electron chi connectivity index (χ0n) is 14.9. The first-order chi connectivity index (χ1) is 13.6. The Kier molecular flexibility index (Phi) is 4.96. The Balaban J connectivity index is 1.34. The normalized spacial score (nSPS) is 14.9. The van der Waals surface area contributed by atoms with Crippen molar-refractivity contribution in [3.8, 4) is 5.82 Å². The zero-order chi connectivity index (χ0) is 19.5. The van der Waals surface area contributed by atoms with Crippen molar-refractivity contribution in [1.29, 1.82) is 0 Å². The monoisotopic (exact) mass is 384 g/mol. The number of aromatic nitrogens is 4. The largest absolute Gasteiger partial charge is 0.355 e. The summed E-state index contributed by atoms with van der Waals surface area (Å²) < 4.78 is 28.3. The van der Waals surface area contributed by atoms with Gasteiger partial charge in [0.05, 0.1) is 5.69 Å². The third-order valence-corrected chi connectivity index (χ3v) is 4.75. The predicted molar refractivity (Wildman–Crippen MR) is 99.1 cm³/mol. The van der Waals surface area contributed by atoms with Crippen LogP contribution in [0.4, 0.5) is 20.3 Å². The first-order valence-corrected chi connectivity index (χ1v) is 8.95. The van der Waals surface area contributed by atoms with Crippen LogP contribution in [-0.4, -0.2) is 39.0 Å². The minimum atomic E-state index is -0.779. The molecule has 3 aromatic rings. The van der Waals surface area contributed by atoms with Crippen molar-refractivity contribution in [1.82, 2.24) is 20.0 Å². The summed E-state index contributed by atoms with van der Waals surface area (Å²) in [5, 5.41) is 15.1. The number of hydrogen-bond acceptors (Lipinski definition) is 5. The highest BCUT2D eigenvalue weighted by molar-refractivity contribution is 5.92. The summed E-state index contributed by atoms with van der Waals surface area (Å²) >= 11 is 0. The third kappa shape index (κ3) is 3.83. The highest BCUT2D eigenvalue weighted by Gasteiger charge is 2.26. The highest BCUT2D eigenvalue weighted by atomic mass is 19.1. The molecule has 1 aliphatic rings. The lowest BCUT2D eigenvalue weighted by Crippen LogP contribution is -2.38. The Bertz CT molecular complexity index is 953. The molecule has 1 aliphatic heterocycles. The van der Waals surface area contributed by atoms with Gasteiger partial charge in [-0.2, -0.15) is 5.10 Å². The lowest BCUT2D eigenvalue weighted by molar-refractivity contribution is -0.120. The number of hydrogen-bond donors (Lipinski definition) is 1. The molecular weight excluding hydrogens is 366 g/mol. The first-order valence-electron chi connectivity index (χ1n) is 8.95. The van der Waals surface area contributed by atoms with Gasteiger partial charge in [-0.25, -0.2) is 13.5 Å². The number of piperidine rings is 1. The number of rotatable bonds is 4. The van der Waals surface area contributed by atoms with E-state index in [0.717, 1.165) is 18.0 Å². The molecule has 3 heterocycles. The first kappa shape index (κ1) is 18.0. The molecule has 0 aliphatic carbocycles. The molecule has 1 N–H and O–H groups in total. The molecule has 28 heavy (non-hydrogen) atoms. The number of benzene rings is 1. The van der Waals surface area contributed by atoms with E-state index in [9.17, 15) is 13.6 Å². The number of amides is 1. The van der Waals surface area contributed by atoms with Gasteiger partial charge in [-0.05, 0) is 43.2 Å². The summed E-state index contributed by atoms with van der Waals surface area (Å²) in [7, 11) is 0. The Morgan fingerprint density at radius 2 is 1.82 bits per heavy atom. The van der Waals surface area contributed by atoms with E-state index >= 15 is 0 Å². The SMILES string of the molecule is O=C(Nc1ccc(F)cc1F)C1CCN(c2ccc(-n3cccn3)nn2)CC1. The Morgan fingerprint density at radius 3 is 2.46 bits per heavy atom. The number of nitrogens with zero attached hydrogens (tertiary/aromatic N) is 5. The van der Waals surface area contributed by atoms with Crippen molar-refractivity contribution in [2.24, 2.45) is 5.92 Å². The molecule has 0 unspecified atom stereocenters. The van der Waals surface area contributed by atoms with Gasteiger partial charge in [0.1, 0.15) is 11.6 Å². The van der Waals surface area contributed by atoms with Crippen molar-refractivity contribution < 1.29 is 13.6 Å². The maximum Gasteiger partial charge on any atom is 0.227 e. The second-order valence-corrected chi connectivity index (χ2v) is 6.58. The number of carbonyl (C=O) groups is 1. The molecule has 0 spiro atoms. The van der Waals surface area contributed by atoms with Crippen molar-refractivity contribution in [2.75, 3.05) is 23.3 Å². The van der Waals surface area contributed by atoms with Crippen LogP contribution in [0.15, 0.2) is 48.8 Å². The van der Waals surface area contributed by atoms with Gasteiger partial charge in [-0.1, -0.05) is 0 Å². The summed E-state index contributed by atoms with van der Waals surface area (Å²) in [5.74, 6) is -0.590. The second kappa shape index (κ2) is 7.71. The third-order valence-electron chi connectivity index (χ3n) is 4.75. The molecule has 0 radical (unpaired) electrons. The van der Waals surface area contributed by atoms with Crippen LogP contribution in [0, 0.1) is 17.6 Å². The van der Waals surface area contributed by atoms with E-state index in [0.29, 0.717) is 31.7 Å². The van der Waals surface area contributed by atoms with Crippen LogP contribution in [0.25, 0.3) is 5.82 Å². The van der Waals surface area contributed by atoms with E-state index in [-0.39, 0.29) is 17.5 Å². The minimum Gasteiger partial charge on any atom is -0.355 e. The van der Waals surface area contributed by atoms with Crippen LogP contribution >= 0.6 is 0 Å². The maximum atomic E-state index is 13.7. The Hall–Kier alpha value is -3.36. The molecule has 0 atom stereocenters. The zero-order valence-corrected chi connectivity index (χ0v) is 14.9. The van der Waals surface area contributed by atoms with Gasteiger partial charge in [-0.15, -0.1) is 10.2 Å². The average Bonchev–Trinajstić information content (AvgIpc) is 3.25. The fraction of sp³-hybridized carbons (Fsp3) is 0.263. The van der Waals surface area contributed by atoms with Gasteiger partial charge in [0.15, 0.2) is 11.6 Å². The van der Waals surface area contributed by atoms with Crippen molar-refractivity contribution >= 4 is 17.4 Å². The van der Waals surface area contributed by atoms with Crippen LogP contribution < -0.4 is 10.2 Å². The second-order valence-electron chi connectivity index (χ2n) is 6.58.